The van der Waals surface area contributed by atoms with Crippen molar-refractivity contribution < 1.29 is 18.0 Å². The van der Waals surface area contributed by atoms with Crippen molar-refractivity contribution in [3.05, 3.63) is 92.9 Å². The summed E-state index contributed by atoms with van der Waals surface area (Å²) in [6.07, 6.45) is 0.293. The summed E-state index contributed by atoms with van der Waals surface area (Å²) >= 11 is 18.6. The first-order valence-corrected chi connectivity index (χ1v) is 15.3. The number of nitrogens with zero attached hydrogens (tertiary/aromatic N) is 2. The van der Waals surface area contributed by atoms with Crippen LogP contribution in [0, 0.1) is 6.92 Å². The van der Waals surface area contributed by atoms with Crippen molar-refractivity contribution in [3.8, 4) is 0 Å². The zero-order valence-corrected chi connectivity index (χ0v) is 25.8. The van der Waals surface area contributed by atoms with Gasteiger partial charge in [-0.25, -0.2) is 8.42 Å². The molecule has 0 aromatic heterocycles. The Morgan fingerprint density at radius 1 is 0.900 bits per heavy atom. The summed E-state index contributed by atoms with van der Waals surface area (Å²) in [7, 11) is -4.17. The van der Waals surface area contributed by atoms with Gasteiger partial charge in [0.25, 0.3) is 10.0 Å². The second-order valence-corrected chi connectivity index (χ2v) is 12.8. The van der Waals surface area contributed by atoms with Crippen LogP contribution in [0.4, 0.5) is 5.69 Å². The van der Waals surface area contributed by atoms with Crippen molar-refractivity contribution in [1.82, 2.24) is 10.2 Å². The molecule has 0 aliphatic heterocycles. The van der Waals surface area contributed by atoms with Crippen LogP contribution < -0.4 is 9.62 Å². The summed E-state index contributed by atoms with van der Waals surface area (Å²) in [4.78, 5) is 28.6. The van der Waals surface area contributed by atoms with E-state index in [1.165, 1.54) is 29.2 Å². The predicted octanol–water partition coefficient (Wildman–Crippen LogP) is 6.48. The Morgan fingerprint density at radius 3 is 2.05 bits per heavy atom. The molecule has 3 aromatic carbocycles. The van der Waals surface area contributed by atoms with E-state index in [-0.39, 0.29) is 29.1 Å². The van der Waals surface area contributed by atoms with Gasteiger partial charge in [0.15, 0.2) is 0 Å². The molecule has 0 bridgehead atoms. The van der Waals surface area contributed by atoms with E-state index in [0.29, 0.717) is 27.1 Å². The maximum atomic E-state index is 14.0. The van der Waals surface area contributed by atoms with Crippen molar-refractivity contribution in [2.75, 3.05) is 10.8 Å². The minimum atomic E-state index is -4.17. The maximum Gasteiger partial charge on any atom is 0.264 e. The van der Waals surface area contributed by atoms with E-state index in [1.54, 1.807) is 49.4 Å². The molecule has 2 amide bonds. The molecule has 40 heavy (non-hydrogen) atoms. The smallest absolute Gasteiger partial charge is 0.264 e. The maximum absolute atomic E-state index is 14.0. The largest absolute Gasteiger partial charge is 0.352 e. The average Bonchev–Trinajstić information content (AvgIpc) is 2.88. The van der Waals surface area contributed by atoms with Gasteiger partial charge < -0.3 is 10.2 Å². The van der Waals surface area contributed by atoms with Crippen LogP contribution in [0.3, 0.4) is 0 Å². The molecule has 1 atom stereocenters. The molecule has 3 aromatic rings. The lowest BCUT2D eigenvalue weighted by Crippen LogP contribution is -2.53. The molecule has 0 saturated heterocycles. The number of anilines is 1. The van der Waals surface area contributed by atoms with Crippen LogP contribution in [0.2, 0.25) is 15.1 Å². The van der Waals surface area contributed by atoms with Crippen LogP contribution in [0.5, 0.6) is 0 Å². The molecule has 0 saturated carbocycles. The number of carbonyl (C=O) groups excluding carboxylic acids is 2. The van der Waals surface area contributed by atoms with Gasteiger partial charge in [0, 0.05) is 27.7 Å². The van der Waals surface area contributed by atoms with Crippen molar-refractivity contribution in [3.63, 3.8) is 0 Å². The Balaban J connectivity index is 2.08. The molecule has 1 N–H and O–H groups in total. The minimum Gasteiger partial charge on any atom is -0.352 e. The number of benzene rings is 3. The zero-order valence-electron chi connectivity index (χ0n) is 22.7. The van der Waals surface area contributed by atoms with Crippen LogP contribution in [-0.4, -0.2) is 43.8 Å². The molecule has 11 heteroatoms. The number of rotatable bonds is 11. The number of hydrogen-bond acceptors (Lipinski definition) is 4. The standard InChI is InChI=1S/C29H32Cl3N3O4S/c1-5-27(29(37)33-19(2)3)34(17-21-8-9-23(31)16-26(21)32)28(36)18-35(24-12-10-22(30)11-13-24)40(38,39)25-14-6-20(4)7-15-25/h6-16,19,27H,5,17-18H2,1-4H3,(H,33,37). The summed E-state index contributed by atoms with van der Waals surface area (Å²) in [5.74, 6) is -0.933. The second kappa shape index (κ2) is 13.7. The van der Waals surface area contributed by atoms with Crippen LogP contribution in [0.15, 0.2) is 71.6 Å². The third-order valence-electron chi connectivity index (χ3n) is 6.18. The normalized spacial score (nSPS) is 12.2. The lowest BCUT2D eigenvalue weighted by atomic mass is 10.1. The first-order valence-electron chi connectivity index (χ1n) is 12.7. The fourth-order valence-corrected chi connectivity index (χ4v) is 6.12. The van der Waals surface area contributed by atoms with E-state index in [1.807, 2.05) is 20.8 Å². The van der Waals surface area contributed by atoms with E-state index >= 15 is 0 Å². The third-order valence-corrected chi connectivity index (χ3v) is 8.80. The molecule has 7 nitrogen and oxygen atoms in total. The van der Waals surface area contributed by atoms with Gasteiger partial charge in [-0.3, -0.25) is 13.9 Å². The Bertz CT molecular complexity index is 1450. The highest BCUT2D eigenvalue weighted by Crippen LogP contribution is 2.28. The molecule has 1 unspecified atom stereocenters. The summed E-state index contributed by atoms with van der Waals surface area (Å²) < 4.78 is 28.8. The fraction of sp³-hybridized carbons (Fsp3) is 0.310. The van der Waals surface area contributed by atoms with Crippen LogP contribution >= 0.6 is 34.8 Å². The Kier molecular flexibility index (Phi) is 10.9. The van der Waals surface area contributed by atoms with E-state index in [2.05, 4.69) is 5.32 Å². The van der Waals surface area contributed by atoms with Gasteiger partial charge in [-0.15, -0.1) is 0 Å². The molecule has 214 valence electrons. The number of halogens is 3. The van der Waals surface area contributed by atoms with Gasteiger partial charge in [0.05, 0.1) is 10.6 Å². The summed E-state index contributed by atoms with van der Waals surface area (Å²) in [6, 6.07) is 16.4. The van der Waals surface area contributed by atoms with E-state index in [0.717, 1.165) is 9.87 Å². The number of amides is 2. The average molecular weight is 625 g/mol. The molecular weight excluding hydrogens is 593 g/mol. The Morgan fingerprint density at radius 2 is 1.50 bits per heavy atom. The summed E-state index contributed by atoms with van der Waals surface area (Å²) in [6.45, 7) is 6.69. The number of sulfonamides is 1. The molecule has 0 radical (unpaired) electrons. The first kappa shape index (κ1) is 31.7. The van der Waals surface area contributed by atoms with Gasteiger partial charge in [-0.2, -0.15) is 0 Å². The first-order chi connectivity index (χ1) is 18.8. The van der Waals surface area contributed by atoms with Crippen molar-refractivity contribution >= 4 is 62.3 Å². The molecule has 0 spiro atoms. The molecule has 0 aliphatic carbocycles. The number of hydrogen-bond donors (Lipinski definition) is 1. The summed E-state index contributed by atoms with van der Waals surface area (Å²) in [5, 5.41) is 4.02. The number of aryl methyl sites for hydroxylation is 1. The second-order valence-electron chi connectivity index (χ2n) is 9.65. The van der Waals surface area contributed by atoms with Gasteiger partial charge in [-0.1, -0.05) is 65.5 Å². The van der Waals surface area contributed by atoms with E-state index in [4.69, 9.17) is 34.8 Å². The molecule has 3 rings (SSSR count). The quantitative estimate of drug-likeness (QED) is 0.265. The lowest BCUT2D eigenvalue weighted by molar-refractivity contribution is -0.140. The highest BCUT2D eigenvalue weighted by atomic mass is 35.5. The van der Waals surface area contributed by atoms with Crippen molar-refractivity contribution in [1.29, 1.82) is 0 Å². The number of nitrogens with one attached hydrogen (secondary N) is 1. The fourth-order valence-electron chi connectivity index (χ4n) is 4.11. The highest BCUT2D eigenvalue weighted by molar-refractivity contribution is 7.92. The Hall–Kier alpha value is -2.78. The van der Waals surface area contributed by atoms with Crippen LogP contribution in [0.25, 0.3) is 0 Å². The monoisotopic (exact) mass is 623 g/mol. The molecule has 0 aliphatic rings. The van der Waals surface area contributed by atoms with Crippen LogP contribution in [-0.2, 0) is 26.2 Å². The van der Waals surface area contributed by atoms with E-state index in [9.17, 15) is 18.0 Å². The van der Waals surface area contributed by atoms with Crippen LogP contribution in [0.1, 0.15) is 38.3 Å². The SMILES string of the molecule is CCC(C(=O)NC(C)C)N(Cc1ccc(Cl)cc1Cl)C(=O)CN(c1ccc(Cl)cc1)S(=O)(=O)c1ccc(C)cc1. The number of carbonyl (C=O) groups is 2. The molecule has 0 fully saturated rings. The lowest BCUT2D eigenvalue weighted by Gasteiger charge is -2.33. The molecular formula is C29H32Cl3N3O4S. The zero-order chi connectivity index (χ0) is 29.6. The van der Waals surface area contributed by atoms with Gasteiger partial charge in [0.2, 0.25) is 11.8 Å². The van der Waals surface area contributed by atoms with E-state index < -0.39 is 28.5 Å². The Labute approximate surface area is 251 Å². The van der Waals surface area contributed by atoms with Crippen molar-refractivity contribution in [2.24, 2.45) is 0 Å². The topological polar surface area (TPSA) is 86.8 Å². The van der Waals surface area contributed by atoms with Gasteiger partial charge in [0.1, 0.15) is 12.6 Å². The van der Waals surface area contributed by atoms with Gasteiger partial charge in [-0.05, 0) is 81.3 Å². The van der Waals surface area contributed by atoms with Crippen molar-refractivity contribution in [2.45, 2.75) is 57.6 Å². The molecule has 0 heterocycles. The summed E-state index contributed by atoms with van der Waals surface area (Å²) in [5.41, 5.74) is 1.71. The minimum absolute atomic E-state index is 0.0257. The predicted molar refractivity (Wildman–Crippen MR) is 162 cm³/mol. The highest BCUT2D eigenvalue weighted by Gasteiger charge is 2.34. The van der Waals surface area contributed by atoms with Gasteiger partial charge >= 0.3 is 0 Å². The third kappa shape index (κ3) is 7.91.